The lowest BCUT2D eigenvalue weighted by molar-refractivity contribution is -0.141. The molecule has 4 nitrogen and oxygen atoms in total. The van der Waals surface area contributed by atoms with Crippen molar-refractivity contribution in [1.82, 2.24) is 14.8 Å². The molecule has 0 saturated carbocycles. The van der Waals surface area contributed by atoms with Crippen molar-refractivity contribution < 1.29 is 13.2 Å². The van der Waals surface area contributed by atoms with E-state index in [2.05, 4.69) is 10.1 Å². The van der Waals surface area contributed by atoms with Gasteiger partial charge in [0.15, 0.2) is 11.5 Å². The Morgan fingerprint density at radius 1 is 1.40 bits per heavy atom. The van der Waals surface area contributed by atoms with Crippen LogP contribution < -0.4 is 5.73 Å². The minimum Gasteiger partial charge on any atom is -0.328 e. The molecule has 0 amide bonds. The van der Waals surface area contributed by atoms with E-state index in [1.54, 1.807) is 13.1 Å². The van der Waals surface area contributed by atoms with Crippen LogP contribution in [0.3, 0.4) is 0 Å². The third-order valence-electron chi connectivity index (χ3n) is 2.76. The van der Waals surface area contributed by atoms with Crippen molar-refractivity contribution in [1.29, 1.82) is 0 Å². The predicted molar refractivity (Wildman–Crippen MR) is 68.5 cm³/mol. The monoisotopic (exact) mass is 284 g/mol. The highest BCUT2D eigenvalue weighted by Crippen LogP contribution is 2.28. The molecule has 7 heteroatoms. The van der Waals surface area contributed by atoms with E-state index in [9.17, 15) is 13.2 Å². The molecular formula is C13H15F3N4. The van der Waals surface area contributed by atoms with Crippen LogP contribution in [-0.2, 0) is 12.6 Å². The van der Waals surface area contributed by atoms with E-state index in [4.69, 9.17) is 5.73 Å². The Morgan fingerprint density at radius 3 is 2.60 bits per heavy atom. The van der Waals surface area contributed by atoms with Crippen LogP contribution in [0.1, 0.15) is 23.7 Å². The van der Waals surface area contributed by atoms with Crippen LogP contribution in [0.5, 0.6) is 0 Å². The van der Waals surface area contributed by atoms with Crippen molar-refractivity contribution in [2.45, 2.75) is 32.5 Å². The smallest absolute Gasteiger partial charge is 0.328 e. The normalized spacial score (nSPS) is 13.5. The zero-order valence-electron chi connectivity index (χ0n) is 11.1. The fourth-order valence-electron chi connectivity index (χ4n) is 1.94. The molecule has 108 valence electrons. The average molecular weight is 284 g/mol. The van der Waals surface area contributed by atoms with E-state index in [-0.39, 0.29) is 6.04 Å². The van der Waals surface area contributed by atoms with Gasteiger partial charge in [-0.3, -0.25) is 0 Å². The molecule has 2 rings (SSSR count). The number of aromatic nitrogens is 3. The quantitative estimate of drug-likeness (QED) is 0.942. The van der Waals surface area contributed by atoms with E-state index in [1.165, 1.54) is 6.20 Å². The maximum absolute atomic E-state index is 12.5. The van der Waals surface area contributed by atoms with Crippen molar-refractivity contribution in [2.24, 2.45) is 5.73 Å². The summed E-state index contributed by atoms with van der Waals surface area (Å²) in [4.78, 5) is 4.17. The van der Waals surface area contributed by atoms with E-state index >= 15 is 0 Å². The first-order valence-corrected chi connectivity index (χ1v) is 6.11. The number of aryl methyl sites for hydroxylation is 1. The van der Waals surface area contributed by atoms with E-state index < -0.39 is 11.9 Å². The maximum Gasteiger partial charge on any atom is 0.435 e. The number of halogens is 3. The molecule has 0 aliphatic heterocycles. The molecule has 1 atom stereocenters. The lowest BCUT2D eigenvalue weighted by atomic mass is 10.1. The van der Waals surface area contributed by atoms with Crippen LogP contribution in [-0.4, -0.2) is 20.8 Å². The van der Waals surface area contributed by atoms with Crippen LogP contribution in [0.15, 0.2) is 24.5 Å². The first kappa shape index (κ1) is 14.5. The molecular weight excluding hydrogens is 269 g/mol. The van der Waals surface area contributed by atoms with Crippen LogP contribution in [0.4, 0.5) is 13.2 Å². The molecule has 0 bridgehead atoms. The summed E-state index contributed by atoms with van der Waals surface area (Å²) in [6.07, 6.45) is -0.918. The second-order valence-corrected chi connectivity index (χ2v) is 4.81. The SMILES string of the molecule is Cc1cc(CC(C)N)cnc1-n1ccc(C(F)(F)F)n1. The van der Waals surface area contributed by atoms with Gasteiger partial charge in [-0.2, -0.15) is 18.3 Å². The molecule has 0 aliphatic carbocycles. The van der Waals surface area contributed by atoms with Crippen molar-refractivity contribution in [3.63, 3.8) is 0 Å². The number of hydrogen-bond donors (Lipinski definition) is 1. The number of pyridine rings is 1. The summed E-state index contributed by atoms with van der Waals surface area (Å²) in [5.41, 5.74) is 6.47. The summed E-state index contributed by atoms with van der Waals surface area (Å²) < 4.78 is 38.7. The number of nitrogens with two attached hydrogens (primary N) is 1. The summed E-state index contributed by atoms with van der Waals surface area (Å²) in [7, 11) is 0. The lowest BCUT2D eigenvalue weighted by Gasteiger charge is -2.09. The second-order valence-electron chi connectivity index (χ2n) is 4.81. The molecule has 2 aromatic rings. The minimum atomic E-state index is -4.45. The molecule has 0 spiro atoms. The molecule has 0 radical (unpaired) electrons. The van der Waals surface area contributed by atoms with E-state index in [1.807, 2.05) is 13.0 Å². The fourth-order valence-corrected chi connectivity index (χ4v) is 1.94. The van der Waals surface area contributed by atoms with Crippen LogP contribution in [0.25, 0.3) is 5.82 Å². The Balaban J connectivity index is 2.31. The summed E-state index contributed by atoms with van der Waals surface area (Å²) in [6.45, 7) is 3.66. The highest BCUT2D eigenvalue weighted by atomic mass is 19.4. The maximum atomic E-state index is 12.5. The standard InChI is InChI=1S/C13H15F3N4/c1-8-5-10(6-9(2)17)7-18-12(8)20-4-3-11(19-20)13(14,15)16/h3-5,7,9H,6,17H2,1-2H3. The largest absolute Gasteiger partial charge is 0.435 e. The first-order valence-electron chi connectivity index (χ1n) is 6.11. The van der Waals surface area contributed by atoms with Gasteiger partial charge in [0.1, 0.15) is 0 Å². The van der Waals surface area contributed by atoms with Crippen molar-refractivity contribution in [3.8, 4) is 5.82 Å². The number of nitrogens with zero attached hydrogens (tertiary/aromatic N) is 3. The van der Waals surface area contributed by atoms with Crippen molar-refractivity contribution in [2.75, 3.05) is 0 Å². The van der Waals surface area contributed by atoms with Gasteiger partial charge in [-0.15, -0.1) is 0 Å². The third kappa shape index (κ3) is 3.16. The summed E-state index contributed by atoms with van der Waals surface area (Å²) >= 11 is 0. The van der Waals surface area contributed by atoms with Gasteiger partial charge in [0.05, 0.1) is 0 Å². The van der Waals surface area contributed by atoms with Gasteiger partial charge >= 0.3 is 6.18 Å². The van der Waals surface area contributed by atoms with Gasteiger partial charge in [0.2, 0.25) is 0 Å². The lowest BCUT2D eigenvalue weighted by Crippen LogP contribution is -2.18. The minimum absolute atomic E-state index is 0.00332. The van der Waals surface area contributed by atoms with Gasteiger partial charge in [-0.25, -0.2) is 9.67 Å². The Hall–Kier alpha value is -1.89. The van der Waals surface area contributed by atoms with Crippen LogP contribution >= 0.6 is 0 Å². The van der Waals surface area contributed by atoms with E-state index in [0.717, 1.165) is 21.9 Å². The molecule has 1 unspecified atom stereocenters. The van der Waals surface area contributed by atoms with Crippen LogP contribution in [0.2, 0.25) is 0 Å². The molecule has 2 aromatic heterocycles. The Morgan fingerprint density at radius 2 is 2.10 bits per heavy atom. The molecule has 20 heavy (non-hydrogen) atoms. The third-order valence-corrected chi connectivity index (χ3v) is 2.76. The summed E-state index contributed by atoms with van der Waals surface area (Å²) in [5, 5.41) is 3.51. The Labute approximate surface area is 114 Å². The van der Waals surface area contributed by atoms with Gasteiger partial charge in [-0.05, 0) is 37.5 Å². The topological polar surface area (TPSA) is 56.7 Å². The molecule has 0 aliphatic rings. The Kier molecular flexibility index (Phi) is 3.80. The Bertz CT molecular complexity index is 602. The zero-order chi connectivity index (χ0) is 14.9. The molecule has 0 saturated heterocycles. The number of hydrogen-bond acceptors (Lipinski definition) is 3. The molecule has 2 N–H and O–H groups in total. The van der Waals surface area contributed by atoms with Crippen molar-refractivity contribution in [3.05, 3.63) is 41.3 Å². The predicted octanol–water partition coefficient (Wildman–Crippen LogP) is 2.48. The number of alkyl halides is 3. The highest BCUT2D eigenvalue weighted by Gasteiger charge is 2.33. The summed E-state index contributed by atoms with van der Waals surface area (Å²) in [6, 6.07) is 2.79. The zero-order valence-corrected chi connectivity index (χ0v) is 11.1. The number of rotatable bonds is 3. The van der Waals surface area contributed by atoms with Crippen LogP contribution in [0, 0.1) is 6.92 Å². The molecule has 0 aromatic carbocycles. The molecule has 0 fully saturated rings. The van der Waals surface area contributed by atoms with Gasteiger partial charge in [0.25, 0.3) is 0 Å². The fraction of sp³-hybridized carbons (Fsp3) is 0.385. The van der Waals surface area contributed by atoms with E-state index in [0.29, 0.717) is 12.2 Å². The first-order chi connectivity index (χ1) is 9.27. The van der Waals surface area contributed by atoms with Gasteiger partial charge < -0.3 is 5.73 Å². The molecule has 2 heterocycles. The van der Waals surface area contributed by atoms with Gasteiger partial charge in [-0.1, -0.05) is 6.07 Å². The average Bonchev–Trinajstić information content (AvgIpc) is 2.77. The second kappa shape index (κ2) is 5.24. The summed E-state index contributed by atoms with van der Waals surface area (Å²) in [5.74, 6) is 0.383. The van der Waals surface area contributed by atoms with Crippen molar-refractivity contribution >= 4 is 0 Å². The van der Waals surface area contributed by atoms with Gasteiger partial charge in [0, 0.05) is 18.4 Å². The highest BCUT2D eigenvalue weighted by molar-refractivity contribution is 5.35.